The topological polar surface area (TPSA) is 38.3 Å². The van der Waals surface area contributed by atoms with E-state index in [1.165, 1.54) is 38.5 Å². The molecule has 0 aliphatic heterocycles. The zero-order valence-electron chi connectivity index (χ0n) is 12.5. The van der Waals surface area contributed by atoms with Gasteiger partial charge in [0.25, 0.3) is 0 Å². The molecule has 4 fully saturated rings. The number of rotatable bonds is 3. The first-order chi connectivity index (χ1) is 8.97. The van der Waals surface area contributed by atoms with E-state index in [0.29, 0.717) is 12.0 Å². The van der Waals surface area contributed by atoms with Gasteiger partial charge < -0.3 is 10.1 Å². The van der Waals surface area contributed by atoms with Crippen molar-refractivity contribution < 1.29 is 9.53 Å². The van der Waals surface area contributed by atoms with Crippen molar-refractivity contribution in [2.24, 2.45) is 23.2 Å². The maximum absolute atomic E-state index is 11.9. The van der Waals surface area contributed by atoms with Crippen LogP contribution in [0.2, 0.25) is 0 Å². The average Bonchev–Trinajstić information content (AvgIpc) is 2.25. The van der Waals surface area contributed by atoms with Crippen LogP contribution in [0.25, 0.3) is 0 Å². The lowest BCUT2D eigenvalue weighted by atomic mass is 9.44. The molecule has 108 valence electrons. The lowest BCUT2D eigenvalue weighted by Gasteiger charge is -2.63. The van der Waals surface area contributed by atoms with E-state index in [1.54, 1.807) is 0 Å². The number of carbonyl (C=O) groups excluding carboxylic acids is 1. The quantitative estimate of drug-likeness (QED) is 0.844. The number of hydrogen-bond donors (Lipinski definition) is 1. The fourth-order valence-electron chi connectivity index (χ4n) is 5.54. The maximum Gasteiger partial charge on any atom is 0.407 e. The van der Waals surface area contributed by atoms with Crippen LogP contribution in [-0.2, 0) is 4.74 Å². The second kappa shape index (κ2) is 4.39. The van der Waals surface area contributed by atoms with Crippen molar-refractivity contribution in [2.45, 2.75) is 64.8 Å². The van der Waals surface area contributed by atoms with Gasteiger partial charge in [-0.05, 0) is 68.6 Å². The van der Waals surface area contributed by atoms with Crippen molar-refractivity contribution in [3.8, 4) is 0 Å². The van der Waals surface area contributed by atoms with Crippen LogP contribution < -0.4 is 5.32 Å². The molecule has 0 radical (unpaired) electrons. The van der Waals surface area contributed by atoms with E-state index in [1.807, 2.05) is 6.92 Å². The van der Waals surface area contributed by atoms with Crippen LogP contribution in [0.15, 0.2) is 0 Å². The molecule has 1 N–H and O–H groups in total. The Labute approximate surface area is 116 Å². The minimum absolute atomic E-state index is 0.0423. The Balaban J connectivity index is 1.81. The first kappa shape index (κ1) is 13.3. The van der Waals surface area contributed by atoms with Gasteiger partial charge >= 0.3 is 6.09 Å². The van der Waals surface area contributed by atoms with E-state index in [0.717, 1.165) is 17.8 Å². The smallest absolute Gasteiger partial charge is 0.407 e. The van der Waals surface area contributed by atoms with Crippen molar-refractivity contribution in [3.05, 3.63) is 0 Å². The predicted molar refractivity (Wildman–Crippen MR) is 74.8 cm³/mol. The van der Waals surface area contributed by atoms with Crippen molar-refractivity contribution in [1.29, 1.82) is 0 Å². The molecule has 4 aliphatic carbocycles. The zero-order valence-corrected chi connectivity index (χ0v) is 12.5. The van der Waals surface area contributed by atoms with Gasteiger partial charge in [0, 0.05) is 5.54 Å². The lowest BCUT2D eigenvalue weighted by molar-refractivity contribution is -0.102. The summed E-state index contributed by atoms with van der Waals surface area (Å²) in [7, 11) is 0. The first-order valence-corrected chi connectivity index (χ1v) is 7.92. The van der Waals surface area contributed by atoms with Gasteiger partial charge in [-0.3, -0.25) is 0 Å². The Morgan fingerprint density at radius 2 is 1.89 bits per heavy atom. The SMILES string of the molecule is CCOC(=O)NC12C[C@H]3C[C@@H](C1)CC(C(C)C)(C3)C2. The van der Waals surface area contributed by atoms with Crippen LogP contribution in [0.3, 0.4) is 0 Å². The summed E-state index contributed by atoms with van der Waals surface area (Å²) in [5, 5.41) is 3.24. The molecule has 0 aromatic rings. The molecule has 3 heteroatoms. The number of alkyl carbamates (subject to hydrolysis) is 1. The van der Waals surface area contributed by atoms with E-state index in [2.05, 4.69) is 19.2 Å². The van der Waals surface area contributed by atoms with Crippen molar-refractivity contribution in [1.82, 2.24) is 5.32 Å². The van der Waals surface area contributed by atoms with Crippen LogP contribution in [-0.4, -0.2) is 18.2 Å². The van der Waals surface area contributed by atoms with E-state index in [4.69, 9.17) is 4.74 Å². The molecule has 3 nitrogen and oxygen atoms in total. The summed E-state index contributed by atoms with van der Waals surface area (Å²) >= 11 is 0. The highest BCUT2D eigenvalue weighted by atomic mass is 16.5. The van der Waals surface area contributed by atoms with E-state index in [9.17, 15) is 4.79 Å². The van der Waals surface area contributed by atoms with Crippen molar-refractivity contribution >= 4 is 6.09 Å². The average molecular weight is 265 g/mol. The monoisotopic (exact) mass is 265 g/mol. The number of ether oxygens (including phenoxy) is 1. The molecule has 2 unspecified atom stereocenters. The van der Waals surface area contributed by atoms with Gasteiger partial charge in [0.15, 0.2) is 0 Å². The fourth-order valence-corrected chi connectivity index (χ4v) is 5.54. The molecule has 4 saturated carbocycles. The molecule has 19 heavy (non-hydrogen) atoms. The second-order valence-corrected chi connectivity index (χ2v) is 7.60. The molecule has 0 saturated heterocycles. The van der Waals surface area contributed by atoms with Gasteiger partial charge in [0.2, 0.25) is 0 Å². The van der Waals surface area contributed by atoms with Gasteiger partial charge in [-0.15, -0.1) is 0 Å². The highest BCUT2D eigenvalue weighted by molar-refractivity contribution is 5.68. The molecular weight excluding hydrogens is 238 g/mol. The number of amides is 1. The number of nitrogens with one attached hydrogen (secondary N) is 1. The summed E-state index contributed by atoms with van der Waals surface area (Å²) in [6, 6.07) is 0. The third-order valence-corrected chi connectivity index (χ3v) is 5.97. The zero-order chi connectivity index (χ0) is 13.7. The predicted octanol–water partition coefficient (Wildman–Crippen LogP) is 3.73. The van der Waals surface area contributed by atoms with Crippen molar-refractivity contribution in [3.63, 3.8) is 0 Å². The summed E-state index contributed by atoms with van der Waals surface area (Å²) in [6.07, 6.45) is 7.47. The normalized spacial score (nSPS) is 43.6. The van der Waals surface area contributed by atoms with Crippen LogP contribution in [0.4, 0.5) is 4.79 Å². The first-order valence-electron chi connectivity index (χ1n) is 7.92. The molecule has 0 spiro atoms. The van der Waals surface area contributed by atoms with Crippen LogP contribution in [0.1, 0.15) is 59.3 Å². The van der Waals surface area contributed by atoms with Gasteiger partial charge in [0.05, 0.1) is 6.61 Å². The minimum atomic E-state index is -0.205. The molecule has 4 aliphatic rings. The molecule has 4 rings (SSSR count). The van der Waals surface area contributed by atoms with Gasteiger partial charge in [-0.2, -0.15) is 0 Å². The highest BCUT2D eigenvalue weighted by Crippen LogP contribution is 2.64. The summed E-state index contributed by atoms with van der Waals surface area (Å²) in [4.78, 5) is 11.9. The Hall–Kier alpha value is -0.730. The summed E-state index contributed by atoms with van der Waals surface area (Å²) < 4.78 is 5.12. The summed E-state index contributed by atoms with van der Waals surface area (Å²) in [6.45, 7) is 7.06. The standard InChI is InChI=1S/C16H27NO2/c1-4-19-14(18)17-16-8-12-5-13(9-16)7-15(6-12,10-16)11(2)3/h11-13H,4-10H2,1-3H3,(H,17,18)/t12-,13+,15?,16?. The Bertz CT molecular complexity index is 363. The van der Waals surface area contributed by atoms with E-state index >= 15 is 0 Å². The number of hydrogen-bond acceptors (Lipinski definition) is 2. The Kier molecular flexibility index (Phi) is 3.06. The summed E-state index contributed by atoms with van der Waals surface area (Å²) in [5.74, 6) is 2.37. The van der Waals surface area contributed by atoms with Gasteiger partial charge in [-0.1, -0.05) is 13.8 Å². The number of carbonyl (C=O) groups is 1. The molecule has 1 amide bonds. The second-order valence-electron chi connectivity index (χ2n) is 7.60. The largest absolute Gasteiger partial charge is 0.450 e. The molecule has 4 bridgehead atoms. The fraction of sp³-hybridized carbons (Fsp3) is 0.938. The van der Waals surface area contributed by atoms with Crippen LogP contribution >= 0.6 is 0 Å². The summed E-state index contributed by atoms with van der Waals surface area (Å²) in [5.41, 5.74) is 0.518. The molecule has 0 aromatic heterocycles. The highest BCUT2D eigenvalue weighted by Gasteiger charge is 2.59. The van der Waals surface area contributed by atoms with E-state index < -0.39 is 0 Å². The minimum Gasteiger partial charge on any atom is -0.450 e. The van der Waals surface area contributed by atoms with Gasteiger partial charge in [-0.25, -0.2) is 4.79 Å². The Morgan fingerprint density at radius 3 is 2.42 bits per heavy atom. The maximum atomic E-state index is 11.9. The van der Waals surface area contributed by atoms with Gasteiger partial charge in [0.1, 0.15) is 0 Å². The molecule has 0 heterocycles. The lowest BCUT2D eigenvalue weighted by Crippen LogP contribution is -2.64. The van der Waals surface area contributed by atoms with E-state index in [-0.39, 0.29) is 11.6 Å². The molecular formula is C16H27NO2. The van der Waals surface area contributed by atoms with Crippen LogP contribution in [0.5, 0.6) is 0 Å². The molecule has 4 atom stereocenters. The Morgan fingerprint density at radius 1 is 1.26 bits per heavy atom. The third-order valence-electron chi connectivity index (χ3n) is 5.97. The van der Waals surface area contributed by atoms with Crippen LogP contribution in [0, 0.1) is 23.2 Å². The third kappa shape index (κ3) is 2.15. The molecule has 0 aromatic carbocycles. The van der Waals surface area contributed by atoms with Crippen molar-refractivity contribution in [2.75, 3.05) is 6.61 Å².